The highest BCUT2D eigenvalue weighted by Crippen LogP contribution is 2.33. The van der Waals surface area contributed by atoms with Crippen LogP contribution in [0.4, 0.5) is 17.3 Å². The zero-order valence-electron chi connectivity index (χ0n) is 20.4. The Morgan fingerprint density at radius 1 is 1.33 bits per heavy atom. The van der Waals surface area contributed by atoms with E-state index in [0.29, 0.717) is 50.3 Å². The van der Waals surface area contributed by atoms with Gasteiger partial charge in [0.25, 0.3) is 0 Å². The monoisotopic (exact) mass is 464 g/mol. The summed E-state index contributed by atoms with van der Waals surface area (Å²) in [5, 5.41) is 0. The van der Waals surface area contributed by atoms with E-state index in [0.717, 1.165) is 51.7 Å². The van der Waals surface area contributed by atoms with Gasteiger partial charge < -0.3 is 29.7 Å². The Hall–Kier alpha value is -2.46. The standard InChI is InChI=1S/C23H40N6O4/c1-5-7-14-33-23-26-21(24)20(25-3)22(27-23)29(17-31-4)13-9-12-28-11-8-10-18(16-28)15-19(30)32-6-2/h18H,3,5-17H2,1-2,4H3,(H2,24,26,27). The van der Waals surface area contributed by atoms with Crippen molar-refractivity contribution in [1.29, 1.82) is 0 Å². The number of carbonyl (C=O) groups excluding carboxylic acids is 1. The van der Waals surface area contributed by atoms with Crippen LogP contribution in [0, 0.1) is 5.92 Å². The van der Waals surface area contributed by atoms with Gasteiger partial charge in [-0.15, -0.1) is 0 Å². The second kappa shape index (κ2) is 14.6. The summed E-state index contributed by atoms with van der Waals surface area (Å²) in [6, 6.07) is 0.238. The van der Waals surface area contributed by atoms with E-state index in [1.807, 2.05) is 11.8 Å². The minimum Gasteiger partial charge on any atom is -0.466 e. The highest BCUT2D eigenvalue weighted by molar-refractivity contribution is 5.75. The smallest absolute Gasteiger partial charge is 0.320 e. The fourth-order valence-electron chi connectivity index (χ4n) is 4.03. The Kier molecular flexibility index (Phi) is 11.9. The van der Waals surface area contributed by atoms with E-state index in [1.54, 1.807) is 7.11 Å². The topological polar surface area (TPSA) is 115 Å². The first kappa shape index (κ1) is 26.8. The van der Waals surface area contributed by atoms with Crippen molar-refractivity contribution < 1.29 is 19.0 Å². The molecule has 2 N–H and O–H groups in total. The second-order valence-corrected chi connectivity index (χ2v) is 8.28. The minimum atomic E-state index is -0.0987. The number of hydrogen-bond acceptors (Lipinski definition) is 10. The third-order valence-electron chi connectivity index (χ3n) is 5.61. The van der Waals surface area contributed by atoms with Gasteiger partial charge in [0.1, 0.15) is 12.4 Å². The number of piperidine rings is 1. The van der Waals surface area contributed by atoms with Gasteiger partial charge in [0, 0.05) is 26.6 Å². The summed E-state index contributed by atoms with van der Waals surface area (Å²) < 4.78 is 16.2. The average molecular weight is 465 g/mol. The number of unbranched alkanes of at least 4 members (excludes halogenated alkanes) is 1. The number of anilines is 2. The van der Waals surface area contributed by atoms with Crippen LogP contribution in [0.15, 0.2) is 4.99 Å². The number of hydrogen-bond donors (Lipinski definition) is 1. The minimum absolute atomic E-state index is 0.0987. The molecule has 2 heterocycles. The van der Waals surface area contributed by atoms with Gasteiger partial charge >= 0.3 is 12.0 Å². The van der Waals surface area contributed by atoms with E-state index in [1.165, 1.54) is 0 Å². The molecule has 0 aromatic carbocycles. The average Bonchev–Trinajstić information content (AvgIpc) is 2.79. The molecule has 1 aliphatic rings. The number of aromatic nitrogens is 2. The molecule has 1 unspecified atom stereocenters. The van der Waals surface area contributed by atoms with Crippen LogP contribution in [0.5, 0.6) is 6.01 Å². The predicted molar refractivity (Wildman–Crippen MR) is 130 cm³/mol. The van der Waals surface area contributed by atoms with Crippen molar-refractivity contribution in [3.63, 3.8) is 0 Å². The first-order valence-corrected chi connectivity index (χ1v) is 11.9. The van der Waals surface area contributed by atoms with E-state index in [-0.39, 0.29) is 17.8 Å². The summed E-state index contributed by atoms with van der Waals surface area (Å²) in [4.78, 5) is 29.1. The largest absolute Gasteiger partial charge is 0.466 e. The fourth-order valence-corrected chi connectivity index (χ4v) is 4.03. The normalized spacial score (nSPS) is 16.4. The summed E-state index contributed by atoms with van der Waals surface area (Å²) in [6.07, 6.45) is 5.48. The predicted octanol–water partition coefficient (Wildman–Crippen LogP) is 3.04. The van der Waals surface area contributed by atoms with Crippen molar-refractivity contribution in [2.45, 2.75) is 52.4 Å². The zero-order chi connectivity index (χ0) is 24.1. The van der Waals surface area contributed by atoms with Crippen LogP contribution in [0.3, 0.4) is 0 Å². The van der Waals surface area contributed by atoms with Gasteiger partial charge in [0.2, 0.25) is 0 Å². The zero-order valence-corrected chi connectivity index (χ0v) is 20.4. The van der Waals surface area contributed by atoms with Gasteiger partial charge in [-0.25, -0.2) is 0 Å². The fraction of sp³-hybridized carbons (Fsp3) is 0.739. The van der Waals surface area contributed by atoms with Crippen molar-refractivity contribution in [3.05, 3.63) is 0 Å². The first-order chi connectivity index (χ1) is 16.0. The molecule has 1 saturated heterocycles. The van der Waals surface area contributed by atoms with Gasteiger partial charge in [0.05, 0.1) is 13.2 Å². The number of esters is 1. The van der Waals surface area contributed by atoms with E-state index >= 15 is 0 Å². The van der Waals surface area contributed by atoms with Crippen LogP contribution in [-0.4, -0.2) is 80.8 Å². The summed E-state index contributed by atoms with van der Waals surface area (Å²) >= 11 is 0. The molecule has 0 radical (unpaired) electrons. The SMILES string of the molecule is C=Nc1c(N)nc(OCCCC)nc1N(CCCN1CCCC(CC(=O)OCC)C1)COC. The third kappa shape index (κ3) is 8.77. The number of nitrogens with zero attached hydrogens (tertiary/aromatic N) is 5. The Bertz CT molecular complexity index is 748. The van der Waals surface area contributed by atoms with Crippen molar-refractivity contribution in [3.8, 4) is 6.01 Å². The van der Waals surface area contributed by atoms with Gasteiger partial charge in [-0.2, -0.15) is 9.97 Å². The Morgan fingerprint density at radius 3 is 2.85 bits per heavy atom. The summed E-state index contributed by atoms with van der Waals surface area (Å²) in [5.41, 5.74) is 6.55. The number of carbonyl (C=O) groups is 1. The van der Waals surface area contributed by atoms with Gasteiger partial charge in [0.15, 0.2) is 11.6 Å². The number of nitrogens with two attached hydrogens (primary N) is 1. The molecule has 1 aliphatic heterocycles. The molecule has 0 aliphatic carbocycles. The molecular weight excluding hydrogens is 424 g/mol. The summed E-state index contributed by atoms with van der Waals surface area (Å²) in [5.74, 6) is 1.05. The Labute approximate surface area is 197 Å². The molecule has 1 aromatic rings. The first-order valence-electron chi connectivity index (χ1n) is 11.9. The highest BCUT2D eigenvalue weighted by atomic mass is 16.5. The molecule has 2 rings (SSSR count). The maximum Gasteiger partial charge on any atom is 0.320 e. The molecule has 1 atom stereocenters. The number of aliphatic imine (C=N–C) groups is 1. The molecule has 0 amide bonds. The van der Waals surface area contributed by atoms with Crippen LogP contribution in [0.1, 0.15) is 52.4 Å². The molecule has 1 aromatic heterocycles. The number of nitrogen functional groups attached to an aromatic ring is 1. The molecule has 10 nitrogen and oxygen atoms in total. The third-order valence-corrected chi connectivity index (χ3v) is 5.61. The highest BCUT2D eigenvalue weighted by Gasteiger charge is 2.23. The lowest BCUT2D eigenvalue weighted by Gasteiger charge is -2.33. The summed E-state index contributed by atoms with van der Waals surface area (Å²) in [6.45, 7) is 12.4. The van der Waals surface area contributed by atoms with Crippen LogP contribution < -0.4 is 15.4 Å². The van der Waals surface area contributed by atoms with Crippen molar-refractivity contribution in [1.82, 2.24) is 14.9 Å². The molecule has 186 valence electrons. The number of methoxy groups -OCH3 is 1. The van der Waals surface area contributed by atoms with E-state index in [4.69, 9.17) is 19.9 Å². The quantitative estimate of drug-likeness (QED) is 0.181. The summed E-state index contributed by atoms with van der Waals surface area (Å²) in [7, 11) is 1.64. The van der Waals surface area contributed by atoms with Gasteiger partial charge in [-0.3, -0.25) is 9.79 Å². The lowest BCUT2D eigenvalue weighted by molar-refractivity contribution is -0.144. The molecule has 33 heavy (non-hydrogen) atoms. The van der Waals surface area contributed by atoms with Crippen LogP contribution in [0.25, 0.3) is 0 Å². The van der Waals surface area contributed by atoms with Gasteiger partial charge in [-0.05, 0) is 58.3 Å². The number of likely N-dealkylation sites (tertiary alicyclic amines) is 1. The molecule has 0 spiro atoms. The van der Waals surface area contributed by atoms with Crippen LogP contribution in [0.2, 0.25) is 0 Å². The number of ether oxygens (including phenoxy) is 3. The van der Waals surface area contributed by atoms with Crippen molar-refractivity contribution >= 4 is 30.0 Å². The lowest BCUT2D eigenvalue weighted by Crippen LogP contribution is -2.38. The lowest BCUT2D eigenvalue weighted by atomic mass is 9.95. The second-order valence-electron chi connectivity index (χ2n) is 8.28. The Balaban J connectivity index is 1.99. The van der Waals surface area contributed by atoms with Crippen molar-refractivity contribution in [2.24, 2.45) is 10.9 Å². The molecule has 10 heteroatoms. The van der Waals surface area contributed by atoms with E-state index in [9.17, 15) is 4.79 Å². The molecular formula is C23H40N6O4. The molecule has 0 bridgehead atoms. The van der Waals surface area contributed by atoms with Gasteiger partial charge in [-0.1, -0.05) is 13.3 Å². The van der Waals surface area contributed by atoms with E-state index < -0.39 is 0 Å². The van der Waals surface area contributed by atoms with E-state index in [2.05, 4.69) is 33.5 Å². The maximum atomic E-state index is 11.8. The van der Waals surface area contributed by atoms with Crippen LogP contribution >= 0.6 is 0 Å². The van der Waals surface area contributed by atoms with Crippen LogP contribution in [-0.2, 0) is 14.3 Å². The van der Waals surface area contributed by atoms with Crippen molar-refractivity contribution in [2.75, 3.05) is 63.9 Å². The molecule has 1 fully saturated rings. The molecule has 0 saturated carbocycles. The number of rotatable bonds is 15. The maximum absolute atomic E-state index is 11.8. The Morgan fingerprint density at radius 2 is 2.15 bits per heavy atom.